The van der Waals surface area contributed by atoms with E-state index in [0.29, 0.717) is 19.6 Å². The molecule has 1 amide bonds. The number of carbonyl (C=O) groups is 1. The van der Waals surface area contributed by atoms with Crippen molar-refractivity contribution < 1.29 is 9.53 Å². The predicted octanol–water partition coefficient (Wildman–Crippen LogP) is 1.80. The van der Waals surface area contributed by atoms with Crippen molar-refractivity contribution in [2.75, 3.05) is 32.7 Å². The quantitative estimate of drug-likeness (QED) is 0.709. The van der Waals surface area contributed by atoms with Crippen molar-refractivity contribution in [1.82, 2.24) is 15.5 Å². The SMILES string of the molecule is CCN(CCNC1=NCCCN1)C(=O)OC(C)(C)C.I. The lowest BCUT2D eigenvalue weighted by molar-refractivity contribution is 0.0264. The Bertz CT molecular complexity index is 329. The van der Waals surface area contributed by atoms with Gasteiger partial charge in [0.25, 0.3) is 0 Å². The van der Waals surface area contributed by atoms with E-state index in [1.165, 1.54) is 0 Å². The number of aliphatic imine (C=N–C) groups is 1. The van der Waals surface area contributed by atoms with Crippen molar-refractivity contribution in [1.29, 1.82) is 0 Å². The highest BCUT2D eigenvalue weighted by Gasteiger charge is 2.20. The summed E-state index contributed by atoms with van der Waals surface area (Å²) in [6, 6.07) is 0. The fourth-order valence-corrected chi connectivity index (χ4v) is 1.67. The van der Waals surface area contributed by atoms with Crippen LogP contribution in [0.4, 0.5) is 4.79 Å². The first-order valence-electron chi connectivity index (χ1n) is 6.92. The van der Waals surface area contributed by atoms with Crippen LogP contribution in [0, 0.1) is 0 Å². The summed E-state index contributed by atoms with van der Waals surface area (Å²) in [4.78, 5) is 17.9. The molecule has 6 nitrogen and oxygen atoms in total. The Morgan fingerprint density at radius 2 is 2.20 bits per heavy atom. The monoisotopic (exact) mass is 398 g/mol. The number of ether oxygens (including phenoxy) is 1. The van der Waals surface area contributed by atoms with Crippen molar-refractivity contribution in [3.63, 3.8) is 0 Å². The molecule has 1 aliphatic heterocycles. The first-order valence-corrected chi connectivity index (χ1v) is 6.92. The zero-order chi connectivity index (χ0) is 14.3. The highest BCUT2D eigenvalue weighted by Crippen LogP contribution is 2.09. The largest absolute Gasteiger partial charge is 0.444 e. The second-order valence-corrected chi connectivity index (χ2v) is 5.50. The van der Waals surface area contributed by atoms with Gasteiger partial charge in [0, 0.05) is 32.7 Å². The van der Waals surface area contributed by atoms with Gasteiger partial charge in [-0.3, -0.25) is 4.99 Å². The van der Waals surface area contributed by atoms with E-state index >= 15 is 0 Å². The molecule has 0 unspecified atom stereocenters. The van der Waals surface area contributed by atoms with Crippen LogP contribution in [0.2, 0.25) is 0 Å². The van der Waals surface area contributed by atoms with Crippen molar-refractivity contribution in [2.24, 2.45) is 4.99 Å². The third-order valence-electron chi connectivity index (χ3n) is 2.60. The Morgan fingerprint density at radius 1 is 1.50 bits per heavy atom. The summed E-state index contributed by atoms with van der Waals surface area (Å²) in [5.41, 5.74) is -0.451. The second-order valence-electron chi connectivity index (χ2n) is 5.50. The molecule has 1 rings (SSSR count). The molecule has 0 saturated carbocycles. The van der Waals surface area contributed by atoms with Gasteiger partial charge in [0.15, 0.2) is 5.96 Å². The molecule has 0 spiro atoms. The molecule has 7 heteroatoms. The molecule has 2 N–H and O–H groups in total. The molecule has 0 fully saturated rings. The summed E-state index contributed by atoms with van der Waals surface area (Å²) in [5, 5.41) is 6.38. The Hall–Kier alpha value is -0.730. The number of rotatable bonds is 4. The summed E-state index contributed by atoms with van der Waals surface area (Å²) in [5.74, 6) is 0.825. The topological polar surface area (TPSA) is 66.0 Å². The van der Waals surface area contributed by atoms with E-state index < -0.39 is 5.60 Å². The minimum Gasteiger partial charge on any atom is -0.444 e. The summed E-state index contributed by atoms with van der Waals surface area (Å²) < 4.78 is 5.35. The van der Waals surface area contributed by atoms with Crippen LogP contribution in [-0.2, 0) is 4.74 Å². The van der Waals surface area contributed by atoms with Gasteiger partial charge in [-0.1, -0.05) is 0 Å². The van der Waals surface area contributed by atoms with Crippen LogP contribution in [0.3, 0.4) is 0 Å². The maximum atomic E-state index is 11.9. The number of amides is 1. The third-order valence-corrected chi connectivity index (χ3v) is 2.60. The number of likely N-dealkylation sites (N-methyl/N-ethyl adjacent to an activating group) is 1. The number of carbonyl (C=O) groups excluding carboxylic acids is 1. The van der Waals surface area contributed by atoms with Crippen LogP contribution >= 0.6 is 24.0 Å². The second kappa shape index (κ2) is 9.25. The van der Waals surface area contributed by atoms with Gasteiger partial charge in [-0.25, -0.2) is 4.79 Å². The van der Waals surface area contributed by atoms with E-state index in [-0.39, 0.29) is 30.1 Å². The number of nitrogens with one attached hydrogen (secondary N) is 2. The molecule has 20 heavy (non-hydrogen) atoms. The first-order chi connectivity index (χ1) is 8.92. The zero-order valence-electron chi connectivity index (χ0n) is 12.9. The van der Waals surface area contributed by atoms with Crippen LogP contribution in [0.5, 0.6) is 0 Å². The molecular formula is C13H27IN4O2. The van der Waals surface area contributed by atoms with E-state index in [4.69, 9.17) is 4.74 Å². The Kier molecular flexibility index (Phi) is 8.91. The van der Waals surface area contributed by atoms with Gasteiger partial charge >= 0.3 is 6.09 Å². The average Bonchev–Trinajstić information content (AvgIpc) is 2.33. The molecule has 0 aromatic rings. The summed E-state index contributed by atoms with van der Waals surface area (Å²) in [6.07, 6.45) is 0.805. The zero-order valence-corrected chi connectivity index (χ0v) is 15.2. The Morgan fingerprint density at radius 3 is 2.70 bits per heavy atom. The van der Waals surface area contributed by atoms with Gasteiger partial charge < -0.3 is 20.3 Å². The summed E-state index contributed by atoms with van der Waals surface area (Å²) >= 11 is 0. The van der Waals surface area contributed by atoms with Gasteiger partial charge in [0.2, 0.25) is 0 Å². The molecular weight excluding hydrogens is 371 g/mol. The lowest BCUT2D eigenvalue weighted by atomic mass is 10.2. The molecule has 0 aliphatic carbocycles. The van der Waals surface area contributed by atoms with E-state index in [1.54, 1.807) is 4.90 Å². The fourth-order valence-electron chi connectivity index (χ4n) is 1.67. The molecule has 0 saturated heterocycles. The van der Waals surface area contributed by atoms with Gasteiger partial charge in [-0.2, -0.15) is 0 Å². The van der Waals surface area contributed by atoms with Crippen LogP contribution in [0.1, 0.15) is 34.1 Å². The van der Waals surface area contributed by atoms with E-state index in [0.717, 1.165) is 25.5 Å². The van der Waals surface area contributed by atoms with Crippen molar-refractivity contribution >= 4 is 36.0 Å². The number of hydrogen-bond donors (Lipinski definition) is 2. The minimum atomic E-state index is -0.451. The molecule has 1 heterocycles. The summed E-state index contributed by atoms with van der Waals surface area (Å²) in [6.45, 7) is 11.3. The maximum absolute atomic E-state index is 11.9. The van der Waals surface area contributed by atoms with Crippen molar-refractivity contribution in [3.05, 3.63) is 0 Å². The highest BCUT2D eigenvalue weighted by atomic mass is 127. The van der Waals surface area contributed by atoms with Crippen LogP contribution in [0.15, 0.2) is 4.99 Å². The number of hydrogen-bond acceptors (Lipinski definition) is 5. The Balaban J connectivity index is 0.00000361. The third kappa shape index (κ3) is 7.76. The molecule has 0 aromatic heterocycles. The van der Waals surface area contributed by atoms with E-state index in [1.807, 2.05) is 27.7 Å². The average molecular weight is 398 g/mol. The first kappa shape index (κ1) is 19.3. The van der Waals surface area contributed by atoms with Crippen LogP contribution in [-0.4, -0.2) is 55.3 Å². The Labute approximate surface area is 138 Å². The lowest BCUT2D eigenvalue weighted by Gasteiger charge is -2.27. The van der Waals surface area contributed by atoms with Gasteiger partial charge in [0.05, 0.1) is 0 Å². The minimum absolute atomic E-state index is 0. The molecule has 0 atom stereocenters. The van der Waals surface area contributed by atoms with Gasteiger partial charge in [-0.15, -0.1) is 24.0 Å². The van der Waals surface area contributed by atoms with E-state index in [9.17, 15) is 4.79 Å². The lowest BCUT2D eigenvalue weighted by Crippen LogP contribution is -2.45. The highest BCUT2D eigenvalue weighted by molar-refractivity contribution is 14.0. The van der Waals surface area contributed by atoms with E-state index in [2.05, 4.69) is 15.6 Å². The fraction of sp³-hybridized carbons (Fsp3) is 0.846. The van der Waals surface area contributed by atoms with Gasteiger partial charge in [-0.05, 0) is 34.1 Å². The maximum Gasteiger partial charge on any atom is 0.410 e. The number of halogens is 1. The molecule has 0 bridgehead atoms. The molecule has 0 radical (unpaired) electrons. The van der Waals surface area contributed by atoms with Crippen LogP contribution < -0.4 is 10.6 Å². The van der Waals surface area contributed by atoms with Crippen molar-refractivity contribution in [3.8, 4) is 0 Å². The van der Waals surface area contributed by atoms with Gasteiger partial charge in [0.1, 0.15) is 5.60 Å². The molecule has 1 aliphatic rings. The molecule has 118 valence electrons. The molecule has 0 aromatic carbocycles. The van der Waals surface area contributed by atoms with Crippen molar-refractivity contribution in [2.45, 2.75) is 39.7 Å². The summed E-state index contributed by atoms with van der Waals surface area (Å²) in [7, 11) is 0. The number of guanidine groups is 1. The predicted molar refractivity (Wildman–Crippen MR) is 91.8 cm³/mol. The van der Waals surface area contributed by atoms with Crippen LogP contribution in [0.25, 0.3) is 0 Å². The smallest absolute Gasteiger partial charge is 0.410 e. The standard InChI is InChI=1S/C13H26N4O2.HI/c1-5-17(12(18)19-13(2,3)4)10-9-16-11-14-7-6-8-15-11;/h5-10H2,1-4H3,(H2,14,15,16);1H. The number of nitrogens with zero attached hydrogens (tertiary/aromatic N) is 2. The normalized spacial score (nSPS) is 14.5.